The molecule has 0 N–H and O–H groups in total. The number of hydrogen-bond acceptors (Lipinski definition) is 3. The summed E-state index contributed by atoms with van der Waals surface area (Å²) >= 11 is 0. The SMILES string of the molecule is CCCn1cnc2ncncc21. The molecule has 2 aromatic heterocycles. The normalized spacial score (nSPS) is 10.8. The van der Waals surface area contributed by atoms with Crippen molar-refractivity contribution in [3.63, 3.8) is 0 Å². The van der Waals surface area contributed by atoms with Crippen molar-refractivity contribution >= 4 is 11.2 Å². The van der Waals surface area contributed by atoms with E-state index < -0.39 is 0 Å². The second-order valence-corrected chi connectivity index (χ2v) is 2.67. The summed E-state index contributed by atoms with van der Waals surface area (Å²) in [5, 5.41) is 0. The molecule has 0 amide bonds. The van der Waals surface area contributed by atoms with Gasteiger partial charge in [0.15, 0.2) is 5.65 Å². The van der Waals surface area contributed by atoms with E-state index >= 15 is 0 Å². The van der Waals surface area contributed by atoms with E-state index in [-0.39, 0.29) is 0 Å². The smallest absolute Gasteiger partial charge is 0.180 e. The van der Waals surface area contributed by atoms with E-state index in [4.69, 9.17) is 0 Å². The Kier molecular flexibility index (Phi) is 1.74. The van der Waals surface area contributed by atoms with Crippen LogP contribution in [0.5, 0.6) is 0 Å². The predicted molar refractivity (Wildman–Crippen MR) is 45.6 cm³/mol. The van der Waals surface area contributed by atoms with E-state index in [9.17, 15) is 0 Å². The number of hydrogen-bond donors (Lipinski definition) is 0. The molecule has 0 radical (unpaired) electrons. The molecule has 0 spiro atoms. The van der Waals surface area contributed by atoms with Gasteiger partial charge < -0.3 is 4.57 Å². The molecule has 62 valence electrons. The van der Waals surface area contributed by atoms with Gasteiger partial charge in [-0.05, 0) is 6.42 Å². The third-order valence-electron chi connectivity index (χ3n) is 1.77. The predicted octanol–water partition coefficient (Wildman–Crippen LogP) is 1.24. The molecule has 0 saturated heterocycles. The van der Waals surface area contributed by atoms with Gasteiger partial charge in [-0.3, -0.25) is 0 Å². The van der Waals surface area contributed by atoms with E-state index in [1.54, 1.807) is 6.20 Å². The molecule has 2 rings (SSSR count). The highest BCUT2D eigenvalue weighted by molar-refractivity contribution is 5.68. The lowest BCUT2D eigenvalue weighted by Crippen LogP contribution is -1.94. The van der Waals surface area contributed by atoms with Crippen molar-refractivity contribution in [3.05, 3.63) is 18.9 Å². The fraction of sp³-hybridized carbons (Fsp3) is 0.375. The molecule has 0 aromatic carbocycles. The Hall–Kier alpha value is -1.45. The lowest BCUT2D eigenvalue weighted by Gasteiger charge is -1.98. The maximum Gasteiger partial charge on any atom is 0.180 e. The molecule has 0 aliphatic heterocycles. The third-order valence-corrected chi connectivity index (χ3v) is 1.77. The minimum Gasteiger partial charge on any atom is -0.328 e. The Morgan fingerprint density at radius 3 is 3.17 bits per heavy atom. The van der Waals surface area contributed by atoms with Crippen LogP contribution in [0.15, 0.2) is 18.9 Å². The first-order chi connectivity index (χ1) is 5.92. The summed E-state index contributed by atoms with van der Waals surface area (Å²) in [6.07, 6.45) is 6.22. The number of nitrogens with zero attached hydrogens (tertiary/aromatic N) is 4. The first-order valence-corrected chi connectivity index (χ1v) is 4.02. The van der Waals surface area contributed by atoms with Gasteiger partial charge >= 0.3 is 0 Å². The topological polar surface area (TPSA) is 43.6 Å². The number of rotatable bonds is 2. The van der Waals surface area contributed by atoms with Crippen molar-refractivity contribution in [2.45, 2.75) is 19.9 Å². The molecule has 4 nitrogen and oxygen atoms in total. The average molecular weight is 162 g/mol. The zero-order chi connectivity index (χ0) is 8.39. The van der Waals surface area contributed by atoms with Crippen molar-refractivity contribution in [1.82, 2.24) is 19.5 Å². The molecule has 0 atom stereocenters. The van der Waals surface area contributed by atoms with Crippen LogP contribution in [0.2, 0.25) is 0 Å². The summed E-state index contributed by atoms with van der Waals surface area (Å²) in [5.74, 6) is 0. The van der Waals surface area contributed by atoms with Crippen LogP contribution in [0, 0.1) is 0 Å². The molecule has 0 unspecified atom stereocenters. The molecule has 2 heterocycles. The van der Waals surface area contributed by atoms with Crippen molar-refractivity contribution in [1.29, 1.82) is 0 Å². The van der Waals surface area contributed by atoms with Gasteiger partial charge in [0, 0.05) is 6.54 Å². The highest BCUT2D eigenvalue weighted by atomic mass is 15.1. The fourth-order valence-corrected chi connectivity index (χ4v) is 1.22. The number of fused-ring (bicyclic) bond motifs is 1. The van der Waals surface area contributed by atoms with Gasteiger partial charge in [0.05, 0.1) is 12.5 Å². The van der Waals surface area contributed by atoms with E-state index in [2.05, 4.69) is 26.4 Å². The molecule has 2 aromatic rings. The summed E-state index contributed by atoms with van der Waals surface area (Å²) in [6.45, 7) is 3.11. The molecule has 12 heavy (non-hydrogen) atoms. The molecule has 4 heteroatoms. The Balaban J connectivity index is 2.55. The molecule has 0 saturated carbocycles. The van der Waals surface area contributed by atoms with Crippen molar-refractivity contribution in [2.75, 3.05) is 0 Å². The standard InChI is InChI=1S/C8H10N4/c1-2-3-12-6-11-8-7(12)4-9-5-10-8/h4-6H,2-3H2,1H3. The zero-order valence-electron chi connectivity index (χ0n) is 6.94. The van der Waals surface area contributed by atoms with Crippen molar-refractivity contribution in [2.24, 2.45) is 0 Å². The van der Waals surface area contributed by atoms with Gasteiger partial charge in [-0.25, -0.2) is 15.0 Å². The number of imidazole rings is 1. The second kappa shape index (κ2) is 2.89. The van der Waals surface area contributed by atoms with Crippen LogP contribution in [0.4, 0.5) is 0 Å². The largest absolute Gasteiger partial charge is 0.328 e. The Bertz CT molecular complexity index is 379. The van der Waals surface area contributed by atoms with Gasteiger partial charge in [0.1, 0.15) is 11.8 Å². The van der Waals surface area contributed by atoms with E-state index in [0.717, 1.165) is 24.1 Å². The number of aromatic nitrogens is 4. The number of aryl methyl sites for hydroxylation is 1. The Morgan fingerprint density at radius 1 is 1.42 bits per heavy atom. The van der Waals surface area contributed by atoms with E-state index in [1.165, 1.54) is 6.33 Å². The maximum absolute atomic E-state index is 4.15. The van der Waals surface area contributed by atoms with Crippen molar-refractivity contribution in [3.8, 4) is 0 Å². The highest BCUT2D eigenvalue weighted by Gasteiger charge is 2.00. The van der Waals surface area contributed by atoms with Crippen LogP contribution in [-0.2, 0) is 6.54 Å². The van der Waals surface area contributed by atoms with Crippen LogP contribution in [0.25, 0.3) is 11.2 Å². The summed E-state index contributed by atoms with van der Waals surface area (Å²) < 4.78 is 2.06. The zero-order valence-corrected chi connectivity index (χ0v) is 6.94. The fourth-order valence-electron chi connectivity index (χ4n) is 1.22. The first kappa shape index (κ1) is 7.21. The maximum atomic E-state index is 4.15. The quantitative estimate of drug-likeness (QED) is 0.667. The monoisotopic (exact) mass is 162 g/mol. The summed E-state index contributed by atoms with van der Waals surface area (Å²) in [6, 6.07) is 0. The van der Waals surface area contributed by atoms with Crippen LogP contribution in [-0.4, -0.2) is 19.5 Å². The first-order valence-electron chi connectivity index (χ1n) is 4.02. The molecule has 0 aliphatic rings. The van der Waals surface area contributed by atoms with Gasteiger partial charge in [0.2, 0.25) is 0 Å². The minimum atomic E-state index is 0.776. The van der Waals surface area contributed by atoms with Gasteiger partial charge in [-0.1, -0.05) is 6.92 Å². The summed E-state index contributed by atoms with van der Waals surface area (Å²) in [4.78, 5) is 12.1. The second-order valence-electron chi connectivity index (χ2n) is 2.67. The lowest BCUT2D eigenvalue weighted by molar-refractivity contribution is 0.696. The van der Waals surface area contributed by atoms with Crippen LogP contribution < -0.4 is 0 Å². The third kappa shape index (κ3) is 1.05. The molecule has 0 aliphatic carbocycles. The minimum absolute atomic E-state index is 0.776. The summed E-state index contributed by atoms with van der Waals surface area (Å²) in [7, 11) is 0. The van der Waals surface area contributed by atoms with Gasteiger partial charge in [-0.2, -0.15) is 0 Å². The van der Waals surface area contributed by atoms with E-state index in [0.29, 0.717) is 0 Å². The Morgan fingerprint density at radius 2 is 2.33 bits per heavy atom. The highest BCUT2D eigenvalue weighted by Crippen LogP contribution is 2.07. The van der Waals surface area contributed by atoms with Gasteiger partial charge in [-0.15, -0.1) is 0 Å². The summed E-state index contributed by atoms with van der Waals surface area (Å²) in [5.41, 5.74) is 1.79. The Labute approximate surface area is 70.3 Å². The van der Waals surface area contributed by atoms with E-state index in [1.807, 2.05) is 6.33 Å². The molecule has 0 fully saturated rings. The van der Waals surface area contributed by atoms with Crippen LogP contribution in [0.3, 0.4) is 0 Å². The van der Waals surface area contributed by atoms with Gasteiger partial charge in [0.25, 0.3) is 0 Å². The molecular weight excluding hydrogens is 152 g/mol. The van der Waals surface area contributed by atoms with Crippen LogP contribution in [0.1, 0.15) is 13.3 Å². The van der Waals surface area contributed by atoms with Crippen LogP contribution >= 0.6 is 0 Å². The van der Waals surface area contributed by atoms with Crippen molar-refractivity contribution < 1.29 is 0 Å². The lowest BCUT2D eigenvalue weighted by atomic mass is 10.4. The average Bonchev–Trinajstić information content (AvgIpc) is 2.50. The molecule has 0 bridgehead atoms. The molecular formula is C8H10N4.